The maximum atomic E-state index is 6.00. The summed E-state index contributed by atoms with van der Waals surface area (Å²) in [5.74, 6) is 0. The first-order chi connectivity index (χ1) is 8.60. The topological polar surface area (TPSA) is 29.9 Å². The van der Waals surface area contributed by atoms with Crippen molar-refractivity contribution in [2.75, 3.05) is 0 Å². The first-order valence-electron chi connectivity index (χ1n) is 6.10. The third kappa shape index (κ3) is 3.13. The molecule has 0 fully saturated rings. The quantitative estimate of drug-likeness (QED) is 0.901. The Balaban J connectivity index is 2.06. The third-order valence-electron chi connectivity index (χ3n) is 3.02. The van der Waals surface area contributed by atoms with Gasteiger partial charge in [-0.2, -0.15) is 5.10 Å². The van der Waals surface area contributed by atoms with Gasteiger partial charge in [-0.1, -0.05) is 18.5 Å². The maximum Gasteiger partial charge on any atom is 0.0931 e. The molecule has 0 aliphatic heterocycles. The van der Waals surface area contributed by atoms with E-state index in [2.05, 4.69) is 30.3 Å². The number of aromatic nitrogens is 2. The van der Waals surface area contributed by atoms with Crippen LogP contribution in [0.25, 0.3) is 0 Å². The number of nitrogens with zero attached hydrogens (tertiary/aromatic N) is 2. The molecule has 2 aromatic heterocycles. The predicted octanol–water partition coefficient (Wildman–Crippen LogP) is 3.94. The summed E-state index contributed by atoms with van der Waals surface area (Å²) in [6.07, 6.45) is 5.00. The van der Waals surface area contributed by atoms with Gasteiger partial charge in [-0.25, -0.2) is 0 Å². The SMILES string of the molecule is CC[C@H](N[C@H](C)c1cnn(C)c1)c1ccc(Cl)s1. The van der Waals surface area contributed by atoms with E-state index in [-0.39, 0.29) is 6.04 Å². The Morgan fingerprint density at radius 2 is 2.28 bits per heavy atom. The van der Waals surface area contributed by atoms with Crippen LogP contribution in [0.5, 0.6) is 0 Å². The summed E-state index contributed by atoms with van der Waals surface area (Å²) in [7, 11) is 1.94. The van der Waals surface area contributed by atoms with Crippen molar-refractivity contribution in [2.24, 2.45) is 7.05 Å². The Kier molecular flexibility index (Phi) is 4.43. The molecule has 18 heavy (non-hydrogen) atoms. The molecule has 5 heteroatoms. The Morgan fingerprint density at radius 1 is 1.50 bits per heavy atom. The van der Waals surface area contributed by atoms with Crippen LogP contribution in [0, 0.1) is 0 Å². The summed E-state index contributed by atoms with van der Waals surface area (Å²) in [5.41, 5.74) is 1.21. The van der Waals surface area contributed by atoms with Crippen LogP contribution in [0.4, 0.5) is 0 Å². The lowest BCUT2D eigenvalue weighted by Gasteiger charge is -2.20. The average molecular weight is 284 g/mol. The van der Waals surface area contributed by atoms with Gasteiger partial charge in [0.05, 0.1) is 10.5 Å². The highest BCUT2D eigenvalue weighted by Gasteiger charge is 2.16. The van der Waals surface area contributed by atoms with Gasteiger partial charge in [-0.15, -0.1) is 11.3 Å². The Morgan fingerprint density at radius 3 is 2.78 bits per heavy atom. The molecule has 0 bridgehead atoms. The fourth-order valence-electron chi connectivity index (χ4n) is 1.98. The first kappa shape index (κ1) is 13.6. The number of nitrogens with one attached hydrogen (secondary N) is 1. The normalized spacial score (nSPS) is 14.7. The highest BCUT2D eigenvalue weighted by Crippen LogP contribution is 2.30. The second kappa shape index (κ2) is 5.87. The number of rotatable bonds is 5. The summed E-state index contributed by atoms with van der Waals surface area (Å²) < 4.78 is 2.68. The second-order valence-electron chi connectivity index (χ2n) is 4.44. The zero-order valence-corrected chi connectivity index (χ0v) is 12.4. The lowest BCUT2D eigenvalue weighted by Crippen LogP contribution is -2.23. The van der Waals surface area contributed by atoms with Gasteiger partial charge >= 0.3 is 0 Å². The van der Waals surface area contributed by atoms with Crippen LogP contribution in [-0.4, -0.2) is 9.78 Å². The maximum absolute atomic E-state index is 6.00. The summed E-state index contributed by atoms with van der Waals surface area (Å²) >= 11 is 7.64. The molecule has 0 aliphatic carbocycles. The summed E-state index contributed by atoms with van der Waals surface area (Å²) in [6, 6.07) is 4.69. The van der Waals surface area contributed by atoms with E-state index >= 15 is 0 Å². The molecule has 0 spiro atoms. The number of aryl methyl sites for hydroxylation is 1. The van der Waals surface area contributed by atoms with Gasteiger partial charge in [-0.3, -0.25) is 4.68 Å². The zero-order chi connectivity index (χ0) is 13.1. The second-order valence-corrected chi connectivity index (χ2v) is 6.19. The number of thiophene rings is 1. The monoisotopic (exact) mass is 283 g/mol. The minimum absolute atomic E-state index is 0.282. The molecule has 2 atom stereocenters. The molecule has 0 aliphatic rings. The van der Waals surface area contributed by atoms with Crippen LogP contribution in [0.2, 0.25) is 4.34 Å². The molecule has 3 nitrogen and oxygen atoms in total. The molecule has 98 valence electrons. The molecule has 0 saturated heterocycles. The Bertz CT molecular complexity index is 506. The standard InChI is InChI=1S/C13H18ClN3S/c1-4-11(12-5-6-13(14)18-12)16-9(2)10-7-15-17(3)8-10/h5-9,11,16H,4H2,1-3H3/t9-,11+/m1/s1. The fourth-order valence-corrected chi connectivity index (χ4v) is 3.18. The summed E-state index contributed by atoms with van der Waals surface area (Å²) in [5, 5.41) is 7.83. The number of hydrogen-bond acceptors (Lipinski definition) is 3. The van der Waals surface area contributed by atoms with Crippen LogP contribution in [0.3, 0.4) is 0 Å². The van der Waals surface area contributed by atoms with Crippen molar-refractivity contribution < 1.29 is 0 Å². The number of hydrogen-bond donors (Lipinski definition) is 1. The van der Waals surface area contributed by atoms with Gasteiger partial charge in [-0.05, 0) is 25.5 Å². The number of halogens is 1. The molecule has 2 rings (SSSR count). The third-order valence-corrected chi connectivity index (χ3v) is 4.37. The molecule has 0 saturated carbocycles. The lowest BCUT2D eigenvalue weighted by molar-refractivity contribution is 0.462. The van der Waals surface area contributed by atoms with Crippen molar-refractivity contribution in [2.45, 2.75) is 32.4 Å². The molecule has 2 aromatic rings. The van der Waals surface area contributed by atoms with Crippen molar-refractivity contribution in [1.29, 1.82) is 0 Å². The van der Waals surface area contributed by atoms with Crippen LogP contribution >= 0.6 is 22.9 Å². The van der Waals surface area contributed by atoms with Crippen molar-refractivity contribution >= 4 is 22.9 Å². The molecule has 1 N–H and O–H groups in total. The predicted molar refractivity (Wildman–Crippen MR) is 77.1 cm³/mol. The van der Waals surface area contributed by atoms with Crippen molar-refractivity contribution in [3.8, 4) is 0 Å². The van der Waals surface area contributed by atoms with E-state index in [9.17, 15) is 0 Å². The molecular formula is C13H18ClN3S. The largest absolute Gasteiger partial charge is 0.303 e. The Hall–Kier alpha value is -0.840. The highest BCUT2D eigenvalue weighted by molar-refractivity contribution is 7.16. The highest BCUT2D eigenvalue weighted by atomic mass is 35.5. The molecule has 0 unspecified atom stereocenters. The van der Waals surface area contributed by atoms with Gasteiger partial charge in [0.2, 0.25) is 0 Å². The molecule has 0 radical (unpaired) electrons. The first-order valence-corrected chi connectivity index (χ1v) is 7.29. The van der Waals surface area contributed by atoms with E-state index in [1.165, 1.54) is 10.4 Å². The fraction of sp³-hybridized carbons (Fsp3) is 0.462. The van der Waals surface area contributed by atoms with Crippen LogP contribution in [0.1, 0.15) is 42.8 Å². The van der Waals surface area contributed by atoms with Crippen molar-refractivity contribution in [3.63, 3.8) is 0 Å². The van der Waals surface area contributed by atoms with Gasteiger partial charge in [0.1, 0.15) is 0 Å². The van der Waals surface area contributed by atoms with E-state index in [1.54, 1.807) is 11.3 Å². The van der Waals surface area contributed by atoms with Gasteiger partial charge in [0.25, 0.3) is 0 Å². The lowest BCUT2D eigenvalue weighted by atomic mass is 10.1. The summed E-state index contributed by atoms with van der Waals surface area (Å²) in [6.45, 7) is 4.34. The van der Waals surface area contributed by atoms with Gasteiger partial charge in [0.15, 0.2) is 0 Å². The minimum Gasteiger partial charge on any atom is -0.303 e. The molecule has 0 aromatic carbocycles. The Labute approximate surface area is 117 Å². The van der Waals surface area contributed by atoms with Gasteiger partial charge < -0.3 is 5.32 Å². The van der Waals surface area contributed by atoms with E-state index in [0.29, 0.717) is 6.04 Å². The van der Waals surface area contributed by atoms with E-state index in [1.807, 2.05) is 30.2 Å². The molecular weight excluding hydrogens is 266 g/mol. The van der Waals surface area contributed by atoms with Crippen LogP contribution in [-0.2, 0) is 7.05 Å². The smallest absolute Gasteiger partial charge is 0.0931 e. The van der Waals surface area contributed by atoms with Crippen LogP contribution in [0.15, 0.2) is 24.5 Å². The minimum atomic E-state index is 0.282. The van der Waals surface area contributed by atoms with Crippen LogP contribution < -0.4 is 5.32 Å². The molecule has 2 heterocycles. The van der Waals surface area contributed by atoms with Gasteiger partial charge in [0, 0.05) is 35.8 Å². The zero-order valence-electron chi connectivity index (χ0n) is 10.9. The van der Waals surface area contributed by atoms with E-state index < -0.39 is 0 Å². The van der Waals surface area contributed by atoms with Crippen molar-refractivity contribution in [1.82, 2.24) is 15.1 Å². The molecule has 0 amide bonds. The van der Waals surface area contributed by atoms with E-state index in [0.717, 1.165) is 10.8 Å². The summed E-state index contributed by atoms with van der Waals surface area (Å²) in [4.78, 5) is 1.29. The average Bonchev–Trinajstić information content (AvgIpc) is 2.94. The van der Waals surface area contributed by atoms with E-state index in [4.69, 9.17) is 11.6 Å². The van der Waals surface area contributed by atoms with Crippen molar-refractivity contribution in [3.05, 3.63) is 39.3 Å².